The lowest BCUT2D eigenvalue weighted by Gasteiger charge is -2.05. The Balaban J connectivity index is 3.02. The molecule has 0 aliphatic heterocycles. The smallest absolute Gasteiger partial charge is 0.294 e. The minimum absolute atomic E-state index is 0.142. The Morgan fingerprint density at radius 2 is 2.07 bits per heavy atom. The van der Waals surface area contributed by atoms with Crippen molar-refractivity contribution in [2.24, 2.45) is 5.73 Å². The second-order valence-electron chi connectivity index (χ2n) is 2.89. The van der Waals surface area contributed by atoms with Gasteiger partial charge in [0, 0.05) is 6.42 Å². The van der Waals surface area contributed by atoms with Gasteiger partial charge in [-0.3, -0.25) is 4.55 Å². The molecule has 1 aromatic rings. The lowest BCUT2D eigenvalue weighted by molar-refractivity contribution is 0.183. The van der Waals surface area contributed by atoms with Gasteiger partial charge in [0.25, 0.3) is 10.1 Å². The minimum Gasteiger partial charge on any atom is -0.378 e. The average molecular weight is 217 g/mol. The van der Waals surface area contributed by atoms with E-state index in [2.05, 4.69) is 0 Å². The summed E-state index contributed by atoms with van der Waals surface area (Å²) in [5.74, 6) is 0. The quantitative estimate of drug-likeness (QED) is 0.479. The van der Waals surface area contributed by atoms with Crippen LogP contribution in [0.5, 0.6) is 0 Å². The van der Waals surface area contributed by atoms with Gasteiger partial charge in [0.1, 0.15) is 6.23 Å². The van der Waals surface area contributed by atoms with Crippen LogP contribution in [0, 0.1) is 0 Å². The highest BCUT2D eigenvalue weighted by molar-refractivity contribution is 7.85. The summed E-state index contributed by atoms with van der Waals surface area (Å²) < 4.78 is 30.2. The van der Waals surface area contributed by atoms with E-state index in [0.29, 0.717) is 5.56 Å². The van der Waals surface area contributed by atoms with Gasteiger partial charge in [-0.25, -0.2) is 0 Å². The number of rotatable bonds is 3. The second kappa shape index (κ2) is 4.05. The summed E-state index contributed by atoms with van der Waals surface area (Å²) in [4.78, 5) is -0.198. The van der Waals surface area contributed by atoms with Gasteiger partial charge in [-0.2, -0.15) is 8.42 Å². The molecule has 0 aliphatic rings. The van der Waals surface area contributed by atoms with Crippen LogP contribution >= 0.6 is 0 Å². The van der Waals surface area contributed by atoms with Crippen molar-refractivity contribution in [2.45, 2.75) is 17.5 Å². The zero-order chi connectivity index (χ0) is 10.8. The van der Waals surface area contributed by atoms with E-state index in [9.17, 15) is 8.42 Å². The van der Waals surface area contributed by atoms with Gasteiger partial charge in [-0.15, -0.1) is 0 Å². The highest BCUT2D eigenvalue weighted by atomic mass is 32.2. The molecule has 1 rings (SSSR count). The lowest BCUT2D eigenvalue weighted by Crippen LogP contribution is -2.21. The number of aliphatic hydroxyl groups excluding tert-OH is 1. The van der Waals surface area contributed by atoms with E-state index in [1.54, 1.807) is 6.07 Å². The maximum Gasteiger partial charge on any atom is 0.294 e. The normalized spacial score (nSPS) is 13.9. The first-order chi connectivity index (χ1) is 6.39. The summed E-state index contributed by atoms with van der Waals surface area (Å²) in [7, 11) is -4.18. The first kappa shape index (κ1) is 11.1. The first-order valence-corrected chi connectivity index (χ1v) is 5.33. The summed E-state index contributed by atoms with van der Waals surface area (Å²) in [5, 5.41) is 8.87. The van der Waals surface area contributed by atoms with Crippen molar-refractivity contribution < 1.29 is 18.1 Å². The van der Waals surface area contributed by atoms with E-state index in [-0.39, 0.29) is 11.3 Å². The van der Waals surface area contributed by atoms with Crippen LogP contribution in [0.15, 0.2) is 29.2 Å². The molecule has 0 heterocycles. The second-order valence-corrected chi connectivity index (χ2v) is 4.32. The Morgan fingerprint density at radius 3 is 2.57 bits per heavy atom. The van der Waals surface area contributed by atoms with E-state index < -0.39 is 16.3 Å². The average Bonchev–Trinajstić information content (AvgIpc) is 2.01. The highest BCUT2D eigenvalue weighted by Gasteiger charge is 2.10. The summed E-state index contributed by atoms with van der Waals surface area (Å²) in [6, 6.07) is 5.62. The van der Waals surface area contributed by atoms with E-state index in [1.807, 2.05) is 0 Å². The van der Waals surface area contributed by atoms with Crippen LogP contribution in [0.2, 0.25) is 0 Å². The molecular formula is C8H11NO4S. The van der Waals surface area contributed by atoms with Crippen molar-refractivity contribution >= 4 is 10.1 Å². The summed E-state index contributed by atoms with van der Waals surface area (Å²) >= 11 is 0. The SMILES string of the molecule is NC(O)Cc1cccc(S(=O)(=O)O)c1. The fourth-order valence-electron chi connectivity index (χ4n) is 1.07. The van der Waals surface area contributed by atoms with Gasteiger partial charge in [0.15, 0.2) is 0 Å². The van der Waals surface area contributed by atoms with E-state index in [4.69, 9.17) is 15.4 Å². The Bertz CT molecular complexity index is 413. The predicted octanol–water partition coefficient (Wildman–Crippen LogP) is -0.247. The topological polar surface area (TPSA) is 101 Å². The largest absolute Gasteiger partial charge is 0.378 e. The monoisotopic (exact) mass is 217 g/mol. The molecular weight excluding hydrogens is 206 g/mol. The van der Waals surface area contributed by atoms with Crippen LogP contribution < -0.4 is 5.73 Å². The zero-order valence-corrected chi connectivity index (χ0v) is 8.11. The van der Waals surface area contributed by atoms with Crippen molar-refractivity contribution in [3.63, 3.8) is 0 Å². The molecule has 4 N–H and O–H groups in total. The van der Waals surface area contributed by atoms with Crippen LogP contribution in [0.3, 0.4) is 0 Å². The molecule has 0 amide bonds. The predicted molar refractivity (Wildman–Crippen MR) is 50.2 cm³/mol. The van der Waals surface area contributed by atoms with Gasteiger partial charge >= 0.3 is 0 Å². The van der Waals surface area contributed by atoms with Gasteiger partial charge in [0.2, 0.25) is 0 Å². The van der Waals surface area contributed by atoms with Crippen LogP contribution in [0.1, 0.15) is 5.56 Å². The number of nitrogens with two attached hydrogens (primary N) is 1. The molecule has 0 aromatic heterocycles. The van der Waals surface area contributed by atoms with E-state index in [0.717, 1.165) is 0 Å². The van der Waals surface area contributed by atoms with Crippen molar-refractivity contribution in [1.29, 1.82) is 0 Å². The number of aliphatic hydroxyl groups is 1. The summed E-state index contributed by atoms with van der Waals surface area (Å²) in [6.07, 6.45) is -0.893. The fraction of sp³-hybridized carbons (Fsp3) is 0.250. The fourth-order valence-corrected chi connectivity index (χ4v) is 1.63. The summed E-state index contributed by atoms with van der Waals surface area (Å²) in [5.41, 5.74) is 5.68. The number of hydrogen-bond donors (Lipinski definition) is 3. The maximum absolute atomic E-state index is 10.7. The van der Waals surface area contributed by atoms with Gasteiger partial charge in [-0.05, 0) is 17.7 Å². The van der Waals surface area contributed by atoms with E-state index >= 15 is 0 Å². The highest BCUT2D eigenvalue weighted by Crippen LogP contribution is 2.11. The molecule has 78 valence electrons. The van der Waals surface area contributed by atoms with Crippen LogP contribution in [-0.4, -0.2) is 24.3 Å². The minimum atomic E-state index is -4.18. The summed E-state index contributed by atoms with van der Waals surface area (Å²) in [6.45, 7) is 0. The molecule has 0 saturated carbocycles. The molecule has 0 saturated heterocycles. The van der Waals surface area contributed by atoms with Crippen molar-refractivity contribution in [3.05, 3.63) is 29.8 Å². The molecule has 5 nitrogen and oxygen atoms in total. The molecule has 0 radical (unpaired) electrons. The Morgan fingerprint density at radius 1 is 1.43 bits per heavy atom. The molecule has 0 fully saturated rings. The Labute approximate surface area is 81.9 Å². The Hall–Kier alpha value is -0.950. The molecule has 1 unspecified atom stereocenters. The standard InChI is InChI=1S/C8H11NO4S/c9-8(10)5-6-2-1-3-7(4-6)14(11,12)13/h1-4,8,10H,5,9H2,(H,11,12,13). The Kier molecular flexibility index (Phi) is 3.22. The van der Waals surface area contributed by atoms with Crippen LogP contribution in [0.4, 0.5) is 0 Å². The van der Waals surface area contributed by atoms with Crippen molar-refractivity contribution in [2.75, 3.05) is 0 Å². The molecule has 0 aliphatic carbocycles. The van der Waals surface area contributed by atoms with Crippen molar-refractivity contribution in [1.82, 2.24) is 0 Å². The van der Waals surface area contributed by atoms with E-state index in [1.165, 1.54) is 18.2 Å². The molecule has 0 bridgehead atoms. The maximum atomic E-state index is 10.7. The first-order valence-electron chi connectivity index (χ1n) is 3.89. The van der Waals surface area contributed by atoms with Crippen LogP contribution in [-0.2, 0) is 16.5 Å². The third kappa shape index (κ3) is 3.08. The third-order valence-corrected chi connectivity index (χ3v) is 2.49. The molecule has 0 spiro atoms. The molecule has 6 heteroatoms. The molecule has 1 aromatic carbocycles. The molecule has 14 heavy (non-hydrogen) atoms. The molecule has 1 atom stereocenters. The van der Waals surface area contributed by atoms with Gasteiger partial charge < -0.3 is 10.8 Å². The zero-order valence-electron chi connectivity index (χ0n) is 7.29. The van der Waals surface area contributed by atoms with Gasteiger partial charge in [-0.1, -0.05) is 12.1 Å². The van der Waals surface area contributed by atoms with Gasteiger partial charge in [0.05, 0.1) is 4.90 Å². The third-order valence-electron chi connectivity index (χ3n) is 1.64. The lowest BCUT2D eigenvalue weighted by atomic mass is 10.1. The van der Waals surface area contributed by atoms with Crippen molar-refractivity contribution in [3.8, 4) is 0 Å². The number of benzene rings is 1. The van der Waals surface area contributed by atoms with Crippen LogP contribution in [0.25, 0.3) is 0 Å². The number of hydrogen-bond acceptors (Lipinski definition) is 4.